The summed E-state index contributed by atoms with van der Waals surface area (Å²) in [6, 6.07) is 3.47. The zero-order valence-corrected chi connectivity index (χ0v) is 6.39. The second kappa shape index (κ2) is 3.51. The minimum atomic E-state index is -1.16. The lowest BCUT2D eigenvalue weighted by molar-refractivity contribution is 0.0696. The van der Waals surface area contributed by atoms with Crippen LogP contribution >= 0.6 is 0 Å². The van der Waals surface area contributed by atoms with Gasteiger partial charge in [0.15, 0.2) is 0 Å². The molecule has 5 nitrogen and oxygen atoms in total. The third-order valence-electron chi connectivity index (χ3n) is 1.39. The predicted octanol–water partition coefficient (Wildman–Crippen LogP) is 1.06. The molecule has 1 aromatic rings. The summed E-state index contributed by atoms with van der Waals surface area (Å²) in [4.78, 5) is 23.4. The van der Waals surface area contributed by atoms with Crippen molar-refractivity contribution >= 4 is 17.7 Å². The van der Waals surface area contributed by atoms with Gasteiger partial charge in [-0.1, -0.05) is 0 Å². The van der Waals surface area contributed by atoms with Gasteiger partial charge in [-0.15, -0.1) is 0 Å². The number of phenols is 1. The number of rotatable bonds is 2. The van der Waals surface area contributed by atoms with Crippen molar-refractivity contribution in [2.75, 3.05) is 0 Å². The summed E-state index contributed by atoms with van der Waals surface area (Å²) in [5.41, 5.74) is -0.0673. The topological polar surface area (TPSA) is 87.0 Å². The van der Waals surface area contributed by atoms with Gasteiger partial charge in [0, 0.05) is 0 Å². The molecular formula is C8H5NO4. The molecule has 13 heavy (non-hydrogen) atoms. The number of carbonyl (C=O) groups excluding carboxylic acids is 1. The zero-order valence-electron chi connectivity index (χ0n) is 6.39. The second-order valence-electron chi connectivity index (χ2n) is 2.21. The van der Waals surface area contributed by atoms with E-state index in [0.29, 0.717) is 0 Å². The third-order valence-corrected chi connectivity index (χ3v) is 1.39. The SMILES string of the molecule is O=C=Nc1ccc(C(=O)O)cc1O. The number of isocyanates is 1. The Morgan fingerprint density at radius 2 is 2.15 bits per heavy atom. The van der Waals surface area contributed by atoms with Gasteiger partial charge >= 0.3 is 5.97 Å². The Morgan fingerprint density at radius 1 is 1.46 bits per heavy atom. The fourth-order valence-corrected chi connectivity index (χ4v) is 0.800. The molecule has 0 bridgehead atoms. The lowest BCUT2D eigenvalue weighted by atomic mass is 10.2. The molecule has 2 N–H and O–H groups in total. The number of aliphatic imine (C=N–C) groups is 1. The Labute approximate surface area is 73.0 Å². The Kier molecular flexibility index (Phi) is 2.42. The number of phenolic OH excluding ortho intramolecular Hbond substituents is 1. The molecular weight excluding hydrogens is 174 g/mol. The van der Waals surface area contributed by atoms with Crippen LogP contribution in [0.2, 0.25) is 0 Å². The summed E-state index contributed by atoms with van der Waals surface area (Å²) >= 11 is 0. The van der Waals surface area contributed by atoms with Crippen LogP contribution in [-0.2, 0) is 4.79 Å². The number of carboxylic acids is 1. The number of nitrogens with zero attached hydrogens (tertiary/aromatic N) is 1. The second-order valence-corrected chi connectivity index (χ2v) is 2.21. The fourth-order valence-electron chi connectivity index (χ4n) is 0.800. The van der Waals surface area contributed by atoms with Crippen LogP contribution in [0.3, 0.4) is 0 Å². The van der Waals surface area contributed by atoms with E-state index in [1.807, 2.05) is 0 Å². The molecule has 0 aliphatic rings. The molecule has 0 aliphatic carbocycles. The summed E-state index contributed by atoms with van der Waals surface area (Å²) in [6.45, 7) is 0. The molecule has 0 fully saturated rings. The van der Waals surface area contributed by atoms with Gasteiger partial charge in [-0.05, 0) is 18.2 Å². The first-order valence-electron chi connectivity index (χ1n) is 3.29. The van der Waals surface area contributed by atoms with Crippen LogP contribution in [0, 0.1) is 0 Å². The molecule has 0 spiro atoms. The van der Waals surface area contributed by atoms with Crippen LogP contribution in [-0.4, -0.2) is 22.3 Å². The molecule has 0 saturated carbocycles. The maximum atomic E-state index is 10.4. The highest BCUT2D eigenvalue weighted by molar-refractivity contribution is 5.89. The number of hydrogen-bond acceptors (Lipinski definition) is 4. The lowest BCUT2D eigenvalue weighted by Crippen LogP contribution is -1.94. The minimum absolute atomic E-state index is 0.000000000000000222. The van der Waals surface area contributed by atoms with E-state index in [4.69, 9.17) is 10.2 Å². The van der Waals surface area contributed by atoms with E-state index in [1.165, 1.54) is 18.2 Å². The van der Waals surface area contributed by atoms with E-state index in [-0.39, 0.29) is 17.0 Å². The van der Waals surface area contributed by atoms with E-state index in [0.717, 1.165) is 6.07 Å². The zero-order chi connectivity index (χ0) is 9.84. The average molecular weight is 179 g/mol. The summed E-state index contributed by atoms with van der Waals surface area (Å²) in [6.07, 6.45) is 1.24. The monoisotopic (exact) mass is 179 g/mol. The summed E-state index contributed by atoms with van der Waals surface area (Å²) < 4.78 is 0. The van der Waals surface area contributed by atoms with Crippen molar-refractivity contribution in [3.05, 3.63) is 23.8 Å². The van der Waals surface area contributed by atoms with E-state index < -0.39 is 5.97 Å². The summed E-state index contributed by atoms with van der Waals surface area (Å²) in [5.74, 6) is -1.51. The first kappa shape index (κ1) is 8.96. The molecule has 0 saturated heterocycles. The van der Waals surface area contributed by atoms with Gasteiger partial charge in [0.05, 0.1) is 5.56 Å². The molecule has 0 atom stereocenters. The van der Waals surface area contributed by atoms with Crippen molar-refractivity contribution in [1.29, 1.82) is 0 Å². The van der Waals surface area contributed by atoms with Gasteiger partial charge in [0.25, 0.3) is 0 Å². The smallest absolute Gasteiger partial charge is 0.335 e. The van der Waals surface area contributed by atoms with E-state index in [9.17, 15) is 9.59 Å². The molecule has 0 aliphatic heterocycles. The maximum Gasteiger partial charge on any atom is 0.335 e. The average Bonchev–Trinajstić information content (AvgIpc) is 2.08. The quantitative estimate of drug-likeness (QED) is 0.524. The Balaban J connectivity index is 3.19. The van der Waals surface area contributed by atoms with Crippen LogP contribution in [0.5, 0.6) is 5.75 Å². The molecule has 66 valence electrons. The molecule has 0 amide bonds. The Hall–Kier alpha value is -2.13. The van der Waals surface area contributed by atoms with Crippen molar-refractivity contribution in [3.8, 4) is 5.75 Å². The lowest BCUT2D eigenvalue weighted by Gasteiger charge is -1.97. The number of aromatic hydroxyl groups is 1. The number of carboxylic acid groups (broad SMARTS) is 1. The number of carbonyl (C=O) groups is 1. The van der Waals surface area contributed by atoms with Gasteiger partial charge in [-0.2, -0.15) is 4.99 Å². The van der Waals surface area contributed by atoms with Gasteiger partial charge < -0.3 is 10.2 Å². The van der Waals surface area contributed by atoms with Crippen LogP contribution in [0.15, 0.2) is 23.2 Å². The highest BCUT2D eigenvalue weighted by Gasteiger charge is 2.06. The highest BCUT2D eigenvalue weighted by atomic mass is 16.4. The van der Waals surface area contributed by atoms with Crippen LogP contribution in [0.1, 0.15) is 10.4 Å². The molecule has 0 unspecified atom stereocenters. The van der Waals surface area contributed by atoms with E-state index in [1.54, 1.807) is 0 Å². The minimum Gasteiger partial charge on any atom is -0.506 e. The number of aromatic carboxylic acids is 1. The normalized spacial score (nSPS) is 8.92. The summed E-state index contributed by atoms with van der Waals surface area (Å²) in [5, 5.41) is 17.6. The van der Waals surface area contributed by atoms with E-state index in [2.05, 4.69) is 4.99 Å². The predicted molar refractivity (Wildman–Crippen MR) is 42.8 cm³/mol. The Bertz CT molecular complexity index is 393. The van der Waals surface area contributed by atoms with Crippen molar-refractivity contribution in [2.24, 2.45) is 4.99 Å². The van der Waals surface area contributed by atoms with Gasteiger partial charge in [0.2, 0.25) is 6.08 Å². The van der Waals surface area contributed by atoms with Gasteiger partial charge in [-0.25, -0.2) is 9.59 Å². The largest absolute Gasteiger partial charge is 0.506 e. The third kappa shape index (κ3) is 1.91. The van der Waals surface area contributed by atoms with Crippen molar-refractivity contribution < 1.29 is 19.8 Å². The van der Waals surface area contributed by atoms with E-state index >= 15 is 0 Å². The highest BCUT2D eigenvalue weighted by Crippen LogP contribution is 2.26. The van der Waals surface area contributed by atoms with Gasteiger partial charge in [-0.3, -0.25) is 0 Å². The van der Waals surface area contributed by atoms with Gasteiger partial charge in [0.1, 0.15) is 11.4 Å². The number of hydrogen-bond donors (Lipinski definition) is 2. The molecule has 1 rings (SSSR count). The maximum absolute atomic E-state index is 10.4. The molecule has 1 aromatic carbocycles. The van der Waals surface area contributed by atoms with Crippen molar-refractivity contribution in [1.82, 2.24) is 0 Å². The first-order chi connectivity index (χ1) is 6.15. The first-order valence-corrected chi connectivity index (χ1v) is 3.29. The van der Waals surface area contributed by atoms with Crippen LogP contribution < -0.4 is 0 Å². The summed E-state index contributed by atoms with van der Waals surface area (Å²) in [7, 11) is 0. The Morgan fingerprint density at radius 3 is 2.62 bits per heavy atom. The molecule has 0 aromatic heterocycles. The van der Waals surface area contributed by atoms with Crippen LogP contribution in [0.4, 0.5) is 5.69 Å². The van der Waals surface area contributed by atoms with Crippen molar-refractivity contribution in [2.45, 2.75) is 0 Å². The molecule has 5 heteroatoms. The van der Waals surface area contributed by atoms with Crippen LogP contribution in [0.25, 0.3) is 0 Å². The molecule has 0 heterocycles. The fraction of sp³-hybridized carbons (Fsp3) is 0. The standard InChI is InChI=1S/C8H5NO4/c10-4-9-6-2-1-5(8(12)13)3-7(6)11/h1-3,11H,(H,12,13). The molecule has 0 radical (unpaired) electrons. The van der Waals surface area contributed by atoms with Crippen molar-refractivity contribution in [3.63, 3.8) is 0 Å². The number of benzene rings is 1.